The molecule has 2 aromatic carbocycles. The molecule has 0 bridgehead atoms. The fourth-order valence-corrected chi connectivity index (χ4v) is 2.27. The maximum absolute atomic E-state index is 13.5. The molecule has 116 valence electrons. The van der Waals surface area contributed by atoms with Crippen LogP contribution in [-0.4, -0.2) is 5.91 Å². The molecule has 0 atom stereocenters. The molecule has 1 amide bonds. The van der Waals surface area contributed by atoms with Gasteiger partial charge in [0.1, 0.15) is 17.4 Å². The number of rotatable bonds is 3. The van der Waals surface area contributed by atoms with Gasteiger partial charge >= 0.3 is 0 Å². The zero-order valence-electron chi connectivity index (χ0n) is 11.6. The van der Waals surface area contributed by atoms with E-state index >= 15 is 0 Å². The second-order valence-electron chi connectivity index (χ2n) is 4.72. The van der Waals surface area contributed by atoms with Gasteiger partial charge in [-0.1, -0.05) is 23.7 Å². The topological polar surface area (TPSA) is 42.2 Å². The second kappa shape index (κ2) is 6.22. The smallest absolute Gasteiger partial charge is 0.291 e. The largest absolute Gasteiger partial charge is 0.451 e. The van der Waals surface area contributed by atoms with Crippen LogP contribution < -0.4 is 5.32 Å². The molecule has 0 aliphatic carbocycles. The minimum atomic E-state index is -0.738. The number of halogens is 3. The number of carbonyl (C=O) groups excluding carboxylic acids is 1. The lowest BCUT2D eigenvalue weighted by molar-refractivity contribution is 0.0997. The lowest BCUT2D eigenvalue weighted by Crippen LogP contribution is -2.12. The van der Waals surface area contributed by atoms with E-state index in [9.17, 15) is 13.6 Å². The number of anilines is 1. The fraction of sp³-hybridized carbons (Fsp3) is 0. The van der Waals surface area contributed by atoms with Gasteiger partial charge in [-0.05, 0) is 36.4 Å². The molecule has 23 heavy (non-hydrogen) atoms. The van der Waals surface area contributed by atoms with Gasteiger partial charge in [0.05, 0.1) is 10.7 Å². The predicted octanol–water partition coefficient (Wildman–Crippen LogP) is 5.13. The van der Waals surface area contributed by atoms with Crippen LogP contribution in [0.1, 0.15) is 10.6 Å². The molecule has 0 aliphatic rings. The van der Waals surface area contributed by atoms with Crippen LogP contribution in [0.25, 0.3) is 11.3 Å². The van der Waals surface area contributed by atoms with Crippen molar-refractivity contribution < 1.29 is 18.0 Å². The van der Waals surface area contributed by atoms with E-state index in [0.717, 1.165) is 18.2 Å². The molecule has 6 heteroatoms. The van der Waals surface area contributed by atoms with Crippen molar-refractivity contribution in [2.75, 3.05) is 5.32 Å². The van der Waals surface area contributed by atoms with Crippen molar-refractivity contribution in [2.24, 2.45) is 0 Å². The first-order valence-corrected chi connectivity index (χ1v) is 7.03. The van der Waals surface area contributed by atoms with Crippen LogP contribution in [0.5, 0.6) is 0 Å². The molecule has 3 aromatic rings. The highest BCUT2D eigenvalue weighted by Crippen LogP contribution is 2.29. The summed E-state index contributed by atoms with van der Waals surface area (Å²) in [5, 5.41) is 2.74. The van der Waals surface area contributed by atoms with E-state index in [-0.39, 0.29) is 11.4 Å². The number of hydrogen-bond acceptors (Lipinski definition) is 2. The van der Waals surface area contributed by atoms with E-state index in [4.69, 9.17) is 16.0 Å². The van der Waals surface area contributed by atoms with Crippen LogP contribution in [0.15, 0.2) is 59.0 Å². The van der Waals surface area contributed by atoms with E-state index in [1.807, 2.05) is 0 Å². The Morgan fingerprint density at radius 2 is 1.83 bits per heavy atom. The summed E-state index contributed by atoms with van der Waals surface area (Å²) < 4.78 is 32.1. The molecule has 1 aromatic heterocycles. The Bertz CT molecular complexity index is 877. The monoisotopic (exact) mass is 333 g/mol. The molecule has 0 aliphatic heterocycles. The number of benzene rings is 2. The predicted molar refractivity (Wildman–Crippen MR) is 83.5 cm³/mol. The zero-order chi connectivity index (χ0) is 16.4. The molecule has 0 unspecified atom stereocenters. The highest BCUT2D eigenvalue weighted by Gasteiger charge is 2.15. The lowest BCUT2D eigenvalue weighted by atomic mass is 10.2. The van der Waals surface area contributed by atoms with Crippen molar-refractivity contribution >= 4 is 23.2 Å². The van der Waals surface area contributed by atoms with Gasteiger partial charge in [-0.25, -0.2) is 8.78 Å². The maximum Gasteiger partial charge on any atom is 0.291 e. The Morgan fingerprint density at radius 3 is 2.61 bits per heavy atom. The van der Waals surface area contributed by atoms with E-state index in [1.54, 1.807) is 30.3 Å². The molecule has 1 N–H and O–H groups in total. The van der Waals surface area contributed by atoms with Gasteiger partial charge in [0.15, 0.2) is 5.76 Å². The minimum absolute atomic E-state index is 0.0384. The number of hydrogen-bond donors (Lipinski definition) is 1. The molecular weight excluding hydrogens is 324 g/mol. The summed E-state index contributed by atoms with van der Waals surface area (Å²) >= 11 is 6.06. The van der Waals surface area contributed by atoms with Crippen LogP contribution >= 0.6 is 11.6 Å². The van der Waals surface area contributed by atoms with Gasteiger partial charge in [0.2, 0.25) is 0 Å². The van der Waals surface area contributed by atoms with Gasteiger partial charge in [0, 0.05) is 11.6 Å². The molecule has 3 nitrogen and oxygen atoms in total. The fourth-order valence-electron chi connectivity index (χ4n) is 2.04. The van der Waals surface area contributed by atoms with Crippen molar-refractivity contribution in [1.29, 1.82) is 0 Å². The Balaban J connectivity index is 1.84. The Morgan fingerprint density at radius 1 is 1.04 bits per heavy atom. The first-order valence-electron chi connectivity index (χ1n) is 6.66. The third-order valence-corrected chi connectivity index (χ3v) is 3.48. The van der Waals surface area contributed by atoms with E-state index in [2.05, 4.69) is 5.32 Å². The molecular formula is C17H10ClF2NO2. The van der Waals surface area contributed by atoms with E-state index < -0.39 is 17.5 Å². The van der Waals surface area contributed by atoms with E-state index in [1.165, 1.54) is 6.07 Å². The lowest BCUT2D eigenvalue weighted by Gasteiger charge is -2.05. The standard InChI is InChI=1S/C17H10ClF2NO2/c18-12-4-2-1-3-11(12)15-7-8-16(23-15)17(22)21-14-9-10(19)5-6-13(14)20/h1-9H,(H,21,22). The molecule has 0 radical (unpaired) electrons. The van der Waals surface area contributed by atoms with Crippen molar-refractivity contribution in [1.82, 2.24) is 0 Å². The summed E-state index contributed by atoms with van der Waals surface area (Å²) in [6, 6.07) is 12.8. The van der Waals surface area contributed by atoms with Crippen molar-refractivity contribution in [2.45, 2.75) is 0 Å². The summed E-state index contributed by atoms with van der Waals surface area (Å²) in [6.45, 7) is 0. The summed E-state index contributed by atoms with van der Waals surface area (Å²) in [6.07, 6.45) is 0. The Hall–Kier alpha value is -2.66. The quantitative estimate of drug-likeness (QED) is 0.722. The normalized spacial score (nSPS) is 10.6. The highest BCUT2D eigenvalue weighted by molar-refractivity contribution is 6.33. The second-order valence-corrected chi connectivity index (χ2v) is 5.13. The van der Waals surface area contributed by atoms with Crippen molar-refractivity contribution in [3.63, 3.8) is 0 Å². The van der Waals surface area contributed by atoms with E-state index in [0.29, 0.717) is 16.3 Å². The minimum Gasteiger partial charge on any atom is -0.451 e. The maximum atomic E-state index is 13.5. The average molecular weight is 334 g/mol. The number of amides is 1. The van der Waals surface area contributed by atoms with Crippen LogP contribution in [0, 0.1) is 11.6 Å². The molecule has 3 rings (SSSR count). The molecule has 1 heterocycles. The first-order chi connectivity index (χ1) is 11.0. The SMILES string of the molecule is O=C(Nc1cc(F)ccc1F)c1ccc(-c2ccccc2Cl)o1. The molecule has 0 fully saturated rings. The van der Waals surface area contributed by atoms with Gasteiger partial charge in [-0.3, -0.25) is 4.79 Å². The summed E-state index contributed by atoms with van der Waals surface area (Å²) in [7, 11) is 0. The van der Waals surface area contributed by atoms with Crippen LogP contribution in [0.3, 0.4) is 0 Å². The summed E-state index contributed by atoms with van der Waals surface area (Å²) in [5.74, 6) is -1.72. The third-order valence-electron chi connectivity index (χ3n) is 3.15. The van der Waals surface area contributed by atoms with Gasteiger partial charge in [-0.15, -0.1) is 0 Å². The Kier molecular flexibility index (Phi) is 4.12. The number of nitrogens with one attached hydrogen (secondary N) is 1. The van der Waals surface area contributed by atoms with Crippen molar-refractivity contribution in [3.05, 3.63) is 77.0 Å². The van der Waals surface area contributed by atoms with Crippen LogP contribution in [0.2, 0.25) is 5.02 Å². The number of furan rings is 1. The molecule has 0 spiro atoms. The number of carbonyl (C=O) groups is 1. The highest BCUT2D eigenvalue weighted by atomic mass is 35.5. The van der Waals surface area contributed by atoms with Crippen molar-refractivity contribution in [3.8, 4) is 11.3 Å². The van der Waals surface area contributed by atoms with Gasteiger partial charge in [0.25, 0.3) is 5.91 Å². The van der Waals surface area contributed by atoms with Gasteiger partial charge < -0.3 is 9.73 Å². The summed E-state index contributed by atoms with van der Waals surface area (Å²) in [4.78, 5) is 12.1. The molecule has 0 saturated carbocycles. The first kappa shape index (κ1) is 15.2. The molecule has 0 saturated heterocycles. The van der Waals surface area contributed by atoms with Gasteiger partial charge in [-0.2, -0.15) is 0 Å². The average Bonchev–Trinajstić information content (AvgIpc) is 3.01. The Labute approximate surface area is 135 Å². The summed E-state index contributed by atoms with van der Waals surface area (Å²) in [5.41, 5.74) is 0.371. The van der Waals surface area contributed by atoms with Crippen LogP contribution in [0.4, 0.5) is 14.5 Å². The van der Waals surface area contributed by atoms with Crippen LogP contribution in [-0.2, 0) is 0 Å². The zero-order valence-corrected chi connectivity index (χ0v) is 12.4. The third kappa shape index (κ3) is 3.24.